The molecule has 0 atom stereocenters. The van der Waals surface area contributed by atoms with Crippen LogP contribution in [0.1, 0.15) is 0 Å². The summed E-state index contributed by atoms with van der Waals surface area (Å²) in [4.78, 5) is 0. The van der Waals surface area contributed by atoms with E-state index in [1.807, 2.05) is 6.07 Å². The molecule has 13 heavy (non-hydrogen) atoms. The molecular weight excluding hydrogens is 166 g/mol. The lowest BCUT2D eigenvalue weighted by atomic mass is 10.2. The molecule has 66 valence electrons. The number of nitrogens with one attached hydrogen (secondary N) is 1. The maximum atomic E-state index is 9.49. The number of phenols is 1. The molecule has 0 radical (unpaired) electrons. The summed E-state index contributed by atoms with van der Waals surface area (Å²) in [5.41, 5.74) is 0.612. The highest BCUT2D eigenvalue weighted by Crippen LogP contribution is 2.21. The van der Waals surface area contributed by atoms with Gasteiger partial charge in [0.05, 0.1) is 5.39 Å². The third-order valence-electron chi connectivity index (χ3n) is 1.75. The number of phenolic OH excluding ortho intramolecular Hbond substituents is 1. The third-order valence-corrected chi connectivity index (χ3v) is 1.75. The Hall–Kier alpha value is -1.90. The van der Waals surface area contributed by atoms with Crippen molar-refractivity contribution < 1.29 is 9.63 Å². The first-order valence-corrected chi connectivity index (χ1v) is 3.95. The van der Waals surface area contributed by atoms with Crippen molar-refractivity contribution in [3.8, 4) is 5.75 Å². The van der Waals surface area contributed by atoms with Crippen LogP contribution in [0.2, 0.25) is 0 Å². The zero-order valence-corrected chi connectivity index (χ0v) is 6.90. The highest BCUT2D eigenvalue weighted by atomic mass is 16.5. The molecule has 0 amide bonds. The largest absolute Gasteiger partial charge is 0.507 e. The van der Waals surface area contributed by atoms with Crippen LogP contribution in [0.15, 0.2) is 47.1 Å². The Labute approximate surface area is 74.9 Å². The second kappa shape index (κ2) is 3.23. The van der Waals surface area contributed by atoms with Crippen molar-refractivity contribution in [2.45, 2.75) is 0 Å². The number of hydrogen-bond acceptors (Lipinski definition) is 2. The van der Waals surface area contributed by atoms with Crippen LogP contribution in [0.5, 0.6) is 5.75 Å². The van der Waals surface area contributed by atoms with Crippen molar-refractivity contribution in [2.24, 2.45) is 0 Å². The number of rotatable bonds is 0. The van der Waals surface area contributed by atoms with Gasteiger partial charge in [0.25, 0.3) is 0 Å². The predicted molar refractivity (Wildman–Crippen MR) is 49.9 cm³/mol. The summed E-state index contributed by atoms with van der Waals surface area (Å²) in [7, 11) is 0. The molecule has 3 heteroatoms. The lowest BCUT2D eigenvalue weighted by Gasteiger charge is -1.95. The standard InChI is InChI=1S/C10H9NO2/c12-9-5-3-6-10-8(9)4-1-2-7-11-13-10/h1-7,11-12H. The smallest absolute Gasteiger partial charge is 0.165 e. The van der Waals surface area contributed by atoms with E-state index in [4.69, 9.17) is 4.52 Å². The SMILES string of the molecule is Oc1cccc2o[nH]ccccc12. The van der Waals surface area contributed by atoms with Crippen molar-refractivity contribution in [1.82, 2.24) is 5.16 Å². The first-order chi connectivity index (χ1) is 6.38. The summed E-state index contributed by atoms with van der Waals surface area (Å²) in [6.07, 6.45) is 1.67. The van der Waals surface area contributed by atoms with Gasteiger partial charge in [-0.25, -0.2) is 5.16 Å². The minimum atomic E-state index is 0.214. The molecular formula is C10H9NO2. The Morgan fingerprint density at radius 3 is 2.92 bits per heavy atom. The number of hydrogen-bond donors (Lipinski definition) is 2. The van der Waals surface area contributed by atoms with Crippen LogP contribution in [-0.2, 0) is 0 Å². The second-order valence-corrected chi connectivity index (χ2v) is 2.63. The number of H-pyrrole nitrogens is 1. The monoisotopic (exact) mass is 175 g/mol. The summed E-state index contributed by atoms with van der Waals surface area (Å²) < 4.78 is 5.16. The van der Waals surface area contributed by atoms with E-state index < -0.39 is 0 Å². The van der Waals surface area contributed by atoms with Gasteiger partial charge in [-0.05, 0) is 24.3 Å². The Kier molecular flexibility index (Phi) is 1.92. The lowest BCUT2D eigenvalue weighted by Crippen LogP contribution is -1.71. The summed E-state index contributed by atoms with van der Waals surface area (Å²) in [6, 6.07) is 10.5. The molecule has 1 heterocycles. The minimum absolute atomic E-state index is 0.214. The molecule has 0 aliphatic carbocycles. The van der Waals surface area contributed by atoms with E-state index in [1.54, 1.807) is 36.5 Å². The van der Waals surface area contributed by atoms with Crippen LogP contribution in [0, 0.1) is 0 Å². The van der Waals surface area contributed by atoms with Gasteiger partial charge < -0.3 is 9.63 Å². The third kappa shape index (κ3) is 1.49. The number of benzene rings is 1. The van der Waals surface area contributed by atoms with Crippen LogP contribution in [-0.4, -0.2) is 10.3 Å². The zero-order valence-electron chi connectivity index (χ0n) is 6.90. The predicted octanol–water partition coefficient (Wildman–Crippen LogP) is 2.59. The normalized spacial score (nSPS) is 9.85. The molecule has 1 aromatic carbocycles. The van der Waals surface area contributed by atoms with Crippen molar-refractivity contribution >= 4 is 11.0 Å². The van der Waals surface area contributed by atoms with E-state index >= 15 is 0 Å². The van der Waals surface area contributed by atoms with Gasteiger partial charge in [0, 0.05) is 6.20 Å². The fourth-order valence-electron chi connectivity index (χ4n) is 1.13. The van der Waals surface area contributed by atoms with Gasteiger partial charge in [0.2, 0.25) is 0 Å². The van der Waals surface area contributed by atoms with Crippen LogP contribution in [0.4, 0.5) is 0 Å². The number of aromatic hydroxyl groups is 1. The van der Waals surface area contributed by atoms with E-state index in [9.17, 15) is 5.11 Å². The van der Waals surface area contributed by atoms with Crippen LogP contribution in [0.3, 0.4) is 0 Å². The Morgan fingerprint density at radius 1 is 1.08 bits per heavy atom. The van der Waals surface area contributed by atoms with E-state index in [0.717, 1.165) is 0 Å². The summed E-state index contributed by atoms with van der Waals surface area (Å²) in [6.45, 7) is 0. The van der Waals surface area contributed by atoms with Gasteiger partial charge in [-0.1, -0.05) is 12.1 Å². The van der Waals surface area contributed by atoms with E-state index in [0.29, 0.717) is 11.0 Å². The Balaban J connectivity index is 2.88. The van der Waals surface area contributed by atoms with Crippen molar-refractivity contribution in [3.05, 3.63) is 42.6 Å². The highest BCUT2D eigenvalue weighted by molar-refractivity contribution is 5.82. The molecule has 0 spiro atoms. The van der Waals surface area contributed by atoms with Gasteiger partial charge in [-0.2, -0.15) is 0 Å². The van der Waals surface area contributed by atoms with Gasteiger partial charge in [-0.15, -0.1) is 0 Å². The fraction of sp³-hybridized carbons (Fsp3) is 0. The molecule has 0 saturated heterocycles. The number of aromatic amines is 1. The average molecular weight is 175 g/mol. The van der Waals surface area contributed by atoms with Crippen molar-refractivity contribution in [3.63, 3.8) is 0 Å². The van der Waals surface area contributed by atoms with E-state index in [1.165, 1.54) is 0 Å². The van der Waals surface area contributed by atoms with E-state index in [2.05, 4.69) is 5.16 Å². The van der Waals surface area contributed by atoms with Crippen LogP contribution < -0.4 is 0 Å². The first-order valence-electron chi connectivity index (χ1n) is 3.95. The van der Waals surface area contributed by atoms with Gasteiger partial charge >= 0.3 is 0 Å². The van der Waals surface area contributed by atoms with Crippen LogP contribution in [0.25, 0.3) is 11.0 Å². The highest BCUT2D eigenvalue weighted by Gasteiger charge is 1.96. The molecule has 0 fully saturated rings. The maximum Gasteiger partial charge on any atom is 0.165 e. The molecule has 0 bridgehead atoms. The molecule has 0 saturated carbocycles. The average Bonchev–Trinajstić information content (AvgIpc) is 2.07. The summed E-state index contributed by atoms with van der Waals surface area (Å²) >= 11 is 0. The minimum Gasteiger partial charge on any atom is -0.507 e. The number of fused-ring (bicyclic) bond motifs is 1. The first kappa shape index (κ1) is 7.73. The molecule has 3 nitrogen and oxygen atoms in total. The topological polar surface area (TPSA) is 49.2 Å². The molecule has 0 aliphatic heterocycles. The summed E-state index contributed by atoms with van der Waals surface area (Å²) in [5.74, 6) is 0.214. The summed E-state index contributed by atoms with van der Waals surface area (Å²) in [5, 5.41) is 12.8. The maximum absolute atomic E-state index is 9.49. The van der Waals surface area contributed by atoms with Gasteiger partial charge in [0.15, 0.2) is 5.58 Å². The molecule has 0 aliphatic rings. The van der Waals surface area contributed by atoms with Gasteiger partial charge in [-0.3, -0.25) is 0 Å². The molecule has 2 N–H and O–H groups in total. The molecule has 2 aromatic rings. The van der Waals surface area contributed by atoms with Crippen LogP contribution >= 0.6 is 0 Å². The van der Waals surface area contributed by atoms with Gasteiger partial charge in [0.1, 0.15) is 5.75 Å². The number of aromatic nitrogens is 1. The Bertz CT molecular complexity index is 455. The van der Waals surface area contributed by atoms with Crippen molar-refractivity contribution in [1.29, 1.82) is 0 Å². The lowest BCUT2D eigenvalue weighted by molar-refractivity contribution is 0.441. The quantitative estimate of drug-likeness (QED) is 0.646. The zero-order chi connectivity index (χ0) is 9.10. The fourth-order valence-corrected chi connectivity index (χ4v) is 1.13. The second-order valence-electron chi connectivity index (χ2n) is 2.63. The van der Waals surface area contributed by atoms with E-state index in [-0.39, 0.29) is 5.75 Å². The van der Waals surface area contributed by atoms with Crippen molar-refractivity contribution in [2.75, 3.05) is 0 Å². The molecule has 2 rings (SSSR count). The Morgan fingerprint density at radius 2 is 2.00 bits per heavy atom. The molecule has 1 aromatic heterocycles. The molecule has 0 unspecified atom stereocenters.